The molecule has 1 aliphatic rings. The van der Waals surface area contributed by atoms with E-state index in [-0.39, 0.29) is 18.6 Å². The molecular formula is C22H28N4O2. The van der Waals surface area contributed by atoms with E-state index in [1.165, 1.54) is 12.8 Å². The second kappa shape index (κ2) is 8.50. The maximum Gasteiger partial charge on any atom is 0.258 e. The van der Waals surface area contributed by atoms with Gasteiger partial charge in [-0.3, -0.25) is 14.8 Å². The van der Waals surface area contributed by atoms with Gasteiger partial charge >= 0.3 is 0 Å². The minimum atomic E-state index is -0.192. The number of nitrogens with one attached hydrogen (secondary N) is 1. The minimum Gasteiger partial charge on any atom is -0.468 e. The van der Waals surface area contributed by atoms with Crippen LogP contribution in [0, 0.1) is 26.7 Å². The number of hydrogen-bond acceptors (Lipinski definition) is 5. The minimum absolute atomic E-state index is 0.0772. The molecule has 0 radical (unpaired) electrons. The molecule has 6 nitrogen and oxygen atoms in total. The largest absolute Gasteiger partial charge is 0.468 e. The molecular weight excluding hydrogens is 352 g/mol. The van der Waals surface area contributed by atoms with Gasteiger partial charge in [-0.1, -0.05) is 6.07 Å². The van der Waals surface area contributed by atoms with Crippen LogP contribution in [-0.4, -0.2) is 35.2 Å². The van der Waals surface area contributed by atoms with E-state index in [9.17, 15) is 4.79 Å². The number of nitrogens with zero attached hydrogens (tertiary/aromatic N) is 3. The van der Waals surface area contributed by atoms with Gasteiger partial charge in [0.25, 0.3) is 5.91 Å². The number of amides is 1. The first-order chi connectivity index (χ1) is 13.4. The first-order valence-electron chi connectivity index (χ1n) is 9.69. The summed E-state index contributed by atoms with van der Waals surface area (Å²) in [6.45, 7) is 7.79. The highest BCUT2D eigenvalue weighted by Crippen LogP contribution is 2.35. The number of pyridine rings is 2. The Hall–Kier alpha value is -2.76. The summed E-state index contributed by atoms with van der Waals surface area (Å²) in [4.78, 5) is 25.5. The van der Waals surface area contributed by atoms with Crippen molar-refractivity contribution in [3.63, 3.8) is 0 Å². The van der Waals surface area contributed by atoms with E-state index in [0.717, 1.165) is 33.8 Å². The Morgan fingerprint density at radius 1 is 1.32 bits per heavy atom. The van der Waals surface area contributed by atoms with Gasteiger partial charge in [0, 0.05) is 42.2 Å². The second-order valence-electron chi connectivity index (χ2n) is 7.43. The lowest BCUT2D eigenvalue weighted by molar-refractivity contribution is -0.123. The summed E-state index contributed by atoms with van der Waals surface area (Å²) < 4.78 is 5.65. The number of hydrogen-bond donors (Lipinski definition) is 1. The molecule has 1 saturated carbocycles. The van der Waals surface area contributed by atoms with E-state index in [4.69, 9.17) is 4.74 Å². The zero-order chi connectivity index (χ0) is 20.3. The van der Waals surface area contributed by atoms with E-state index in [1.807, 2.05) is 52.9 Å². The zero-order valence-corrected chi connectivity index (χ0v) is 17.2. The van der Waals surface area contributed by atoms with Gasteiger partial charge < -0.3 is 10.1 Å². The van der Waals surface area contributed by atoms with Crippen LogP contribution in [0.25, 0.3) is 0 Å². The van der Waals surface area contributed by atoms with E-state index >= 15 is 0 Å². The summed E-state index contributed by atoms with van der Waals surface area (Å²) in [7, 11) is 1.84. The molecule has 148 valence electrons. The molecule has 0 saturated heterocycles. The standard InChI is InChI=1S/C22H28N4O2/c1-13-10-20(26-16(4)21(13)22(23-5)17-8-9-17)28-12-19(27)25-15(3)18-7-6-14(2)24-11-18/h6-7,10-11,15,17H,8-9,12H2,1-5H3,(H,25,27). The quantitative estimate of drug-likeness (QED) is 0.746. The van der Waals surface area contributed by atoms with Crippen LogP contribution in [-0.2, 0) is 4.79 Å². The molecule has 6 heteroatoms. The van der Waals surface area contributed by atoms with Gasteiger partial charge in [-0.25, -0.2) is 4.98 Å². The number of aryl methyl sites for hydroxylation is 3. The Balaban J connectivity index is 1.61. The predicted octanol–water partition coefficient (Wildman–Crippen LogP) is 3.49. The fraction of sp³-hybridized carbons (Fsp3) is 0.455. The van der Waals surface area contributed by atoms with E-state index in [2.05, 4.69) is 20.3 Å². The highest BCUT2D eigenvalue weighted by Gasteiger charge is 2.30. The average molecular weight is 380 g/mol. The van der Waals surface area contributed by atoms with Crippen molar-refractivity contribution in [1.29, 1.82) is 0 Å². The lowest BCUT2D eigenvalue weighted by Gasteiger charge is -2.16. The maximum atomic E-state index is 12.3. The normalized spacial score (nSPS) is 15.2. The molecule has 0 aliphatic heterocycles. The monoisotopic (exact) mass is 380 g/mol. The molecule has 0 spiro atoms. The van der Waals surface area contributed by atoms with Crippen LogP contribution in [0.15, 0.2) is 29.4 Å². The highest BCUT2D eigenvalue weighted by molar-refractivity contribution is 6.05. The summed E-state index contributed by atoms with van der Waals surface area (Å²) in [6, 6.07) is 5.65. The summed E-state index contributed by atoms with van der Waals surface area (Å²) in [6.07, 6.45) is 4.16. The van der Waals surface area contributed by atoms with Crippen molar-refractivity contribution in [2.45, 2.75) is 46.6 Å². The maximum absolute atomic E-state index is 12.3. The van der Waals surface area contributed by atoms with E-state index in [1.54, 1.807) is 6.20 Å². The van der Waals surface area contributed by atoms with Crippen molar-refractivity contribution in [3.8, 4) is 5.88 Å². The van der Waals surface area contributed by atoms with Crippen LogP contribution in [0.1, 0.15) is 53.9 Å². The molecule has 2 aromatic heterocycles. The Labute approximate surface area is 166 Å². The Morgan fingerprint density at radius 3 is 2.64 bits per heavy atom. The molecule has 1 fully saturated rings. The van der Waals surface area contributed by atoms with E-state index < -0.39 is 0 Å². The Morgan fingerprint density at radius 2 is 2.07 bits per heavy atom. The van der Waals surface area contributed by atoms with Gasteiger partial charge in [0.05, 0.1) is 11.7 Å². The van der Waals surface area contributed by atoms with Crippen molar-refractivity contribution in [2.24, 2.45) is 10.9 Å². The number of aromatic nitrogens is 2. The molecule has 3 rings (SSSR count). The molecule has 1 amide bonds. The number of carbonyl (C=O) groups excluding carboxylic acids is 1. The number of aliphatic imine (C=N–C) groups is 1. The average Bonchev–Trinajstić information content (AvgIpc) is 3.48. The van der Waals surface area contributed by atoms with Gasteiger partial charge in [-0.05, 0) is 57.7 Å². The van der Waals surface area contributed by atoms with Gasteiger partial charge in [-0.15, -0.1) is 0 Å². The van der Waals surface area contributed by atoms with Crippen LogP contribution < -0.4 is 10.1 Å². The zero-order valence-electron chi connectivity index (χ0n) is 17.2. The van der Waals surface area contributed by atoms with Crippen LogP contribution in [0.5, 0.6) is 5.88 Å². The van der Waals surface area contributed by atoms with Crippen LogP contribution in [0.3, 0.4) is 0 Å². The summed E-state index contributed by atoms with van der Waals surface area (Å²) in [5.41, 5.74) is 6.12. The molecule has 1 unspecified atom stereocenters. The second-order valence-corrected chi connectivity index (χ2v) is 7.43. The van der Waals surface area contributed by atoms with Gasteiger partial charge in [-0.2, -0.15) is 0 Å². The molecule has 2 heterocycles. The van der Waals surface area contributed by atoms with Crippen molar-refractivity contribution in [1.82, 2.24) is 15.3 Å². The first kappa shape index (κ1) is 20.0. The third-order valence-corrected chi connectivity index (χ3v) is 5.00. The first-order valence-corrected chi connectivity index (χ1v) is 9.69. The smallest absolute Gasteiger partial charge is 0.258 e. The fourth-order valence-electron chi connectivity index (χ4n) is 3.35. The number of rotatable bonds is 7. The summed E-state index contributed by atoms with van der Waals surface area (Å²) in [5, 5.41) is 2.93. The van der Waals surface area contributed by atoms with Gasteiger partial charge in [0.1, 0.15) is 0 Å². The third kappa shape index (κ3) is 4.74. The van der Waals surface area contributed by atoms with E-state index in [0.29, 0.717) is 11.8 Å². The van der Waals surface area contributed by atoms with Crippen LogP contribution >= 0.6 is 0 Å². The Bertz CT molecular complexity index is 863. The molecule has 1 N–H and O–H groups in total. The number of ether oxygens (including phenoxy) is 1. The number of carbonyl (C=O) groups is 1. The van der Waals surface area contributed by atoms with Crippen LogP contribution in [0.4, 0.5) is 0 Å². The summed E-state index contributed by atoms with van der Waals surface area (Å²) >= 11 is 0. The highest BCUT2D eigenvalue weighted by atomic mass is 16.5. The molecule has 2 aromatic rings. The third-order valence-electron chi connectivity index (χ3n) is 5.00. The lowest BCUT2D eigenvalue weighted by atomic mass is 9.99. The SMILES string of the molecule is CN=C(c1c(C)cc(OCC(=O)NC(C)c2ccc(C)nc2)nc1C)C1CC1. The van der Waals surface area contributed by atoms with Crippen molar-refractivity contribution < 1.29 is 9.53 Å². The molecule has 28 heavy (non-hydrogen) atoms. The van der Waals surface area contributed by atoms with Crippen molar-refractivity contribution in [2.75, 3.05) is 13.7 Å². The topological polar surface area (TPSA) is 76.5 Å². The predicted molar refractivity (Wildman–Crippen MR) is 110 cm³/mol. The fourth-order valence-corrected chi connectivity index (χ4v) is 3.35. The molecule has 0 bridgehead atoms. The summed E-state index contributed by atoms with van der Waals surface area (Å²) in [5.74, 6) is 0.826. The van der Waals surface area contributed by atoms with Crippen molar-refractivity contribution >= 4 is 11.6 Å². The van der Waals surface area contributed by atoms with Gasteiger partial charge in [0.2, 0.25) is 5.88 Å². The van der Waals surface area contributed by atoms with Gasteiger partial charge in [0.15, 0.2) is 6.61 Å². The lowest BCUT2D eigenvalue weighted by Crippen LogP contribution is -2.31. The van der Waals surface area contributed by atoms with Crippen molar-refractivity contribution in [3.05, 3.63) is 52.5 Å². The van der Waals surface area contributed by atoms with Crippen LogP contribution in [0.2, 0.25) is 0 Å². The molecule has 0 aromatic carbocycles. The molecule has 1 atom stereocenters. The molecule has 1 aliphatic carbocycles. The Kier molecular flexibility index (Phi) is 6.07.